The van der Waals surface area contributed by atoms with E-state index in [0.29, 0.717) is 29.8 Å². The standard InChI is InChI=1S/C18H21N3O4S/c1-10(19-17(23)11-4-2-3-5-11)16(22)21-18-20-12-8-13-14(9-15(12)26-18)25-7-6-24-13/h8-11H,2-7H2,1H3,(H,19,23)(H,20,21,22). The summed E-state index contributed by atoms with van der Waals surface area (Å²) >= 11 is 1.37. The van der Waals surface area contributed by atoms with E-state index in [4.69, 9.17) is 9.47 Å². The molecule has 2 aliphatic rings. The van der Waals surface area contributed by atoms with Gasteiger partial charge in [0.2, 0.25) is 11.8 Å². The van der Waals surface area contributed by atoms with Gasteiger partial charge in [0.25, 0.3) is 0 Å². The predicted molar refractivity (Wildman–Crippen MR) is 98.8 cm³/mol. The van der Waals surface area contributed by atoms with Crippen molar-refractivity contribution in [1.29, 1.82) is 0 Å². The molecule has 0 saturated heterocycles. The Morgan fingerprint density at radius 3 is 2.62 bits per heavy atom. The lowest BCUT2D eigenvalue weighted by molar-refractivity contribution is -0.128. The molecule has 0 radical (unpaired) electrons. The van der Waals surface area contributed by atoms with Gasteiger partial charge in [0.1, 0.15) is 19.3 Å². The summed E-state index contributed by atoms with van der Waals surface area (Å²) in [5, 5.41) is 6.09. The highest BCUT2D eigenvalue weighted by molar-refractivity contribution is 7.22. The monoisotopic (exact) mass is 375 g/mol. The molecule has 0 bridgehead atoms. The van der Waals surface area contributed by atoms with E-state index in [-0.39, 0.29) is 17.7 Å². The second kappa shape index (κ2) is 7.11. The zero-order chi connectivity index (χ0) is 18.1. The molecule has 0 spiro atoms. The molecule has 4 rings (SSSR count). The Morgan fingerprint density at radius 2 is 1.88 bits per heavy atom. The van der Waals surface area contributed by atoms with Gasteiger partial charge in [0.05, 0.1) is 10.2 Å². The van der Waals surface area contributed by atoms with Crippen LogP contribution in [0.4, 0.5) is 5.13 Å². The van der Waals surface area contributed by atoms with Crippen molar-refractivity contribution in [3.05, 3.63) is 12.1 Å². The van der Waals surface area contributed by atoms with E-state index in [0.717, 1.165) is 35.9 Å². The van der Waals surface area contributed by atoms with Crippen molar-refractivity contribution in [3.63, 3.8) is 0 Å². The SMILES string of the molecule is CC(NC(=O)C1CCCC1)C(=O)Nc1nc2cc3c(cc2s1)OCCO3. The maximum Gasteiger partial charge on any atom is 0.248 e. The van der Waals surface area contributed by atoms with Gasteiger partial charge in [-0.05, 0) is 19.8 Å². The number of nitrogens with one attached hydrogen (secondary N) is 2. The smallest absolute Gasteiger partial charge is 0.248 e. The van der Waals surface area contributed by atoms with E-state index in [9.17, 15) is 9.59 Å². The minimum Gasteiger partial charge on any atom is -0.486 e. The Kier molecular flexibility index (Phi) is 4.67. The van der Waals surface area contributed by atoms with E-state index in [1.165, 1.54) is 11.3 Å². The van der Waals surface area contributed by atoms with E-state index in [2.05, 4.69) is 15.6 Å². The average Bonchev–Trinajstić information content (AvgIpc) is 3.28. The topological polar surface area (TPSA) is 89.6 Å². The van der Waals surface area contributed by atoms with E-state index < -0.39 is 6.04 Å². The highest BCUT2D eigenvalue weighted by atomic mass is 32.1. The second-order valence-corrected chi connectivity index (χ2v) is 7.71. The number of benzene rings is 1. The molecule has 26 heavy (non-hydrogen) atoms. The lowest BCUT2D eigenvalue weighted by Crippen LogP contribution is -2.43. The summed E-state index contributed by atoms with van der Waals surface area (Å²) in [6.45, 7) is 2.74. The van der Waals surface area contributed by atoms with Gasteiger partial charge in [-0.3, -0.25) is 9.59 Å². The first-order chi connectivity index (χ1) is 12.6. The number of hydrogen-bond acceptors (Lipinski definition) is 6. The van der Waals surface area contributed by atoms with Crippen molar-refractivity contribution in [2.75, 3.05) is 18.5 Å². The number of ether oxygens (including phenoxy) is 2. The van der Waals surface area contributed by atoms with Gasteiger partial charge in [-0.25, -0.2) is 4.98 Å². The van der Waals surface area contributed by atoms with Gasteiger partial charge in [-0.2, -0.15) is 0 Å². The number of fused-ring (bicyclic) bond motifs is 2. The van der Waals surface area contributed by atoms with Gasteiger partial charge >= 0.3 is 0 Å². The Hall–Kier alpha value is -2.35. The number of thiazole rings is 1. The largest absolute Gasteiger partial charge is 0.486 e. The number of rotatable bonds is 4. The van der Waals surface area contributed by atoms with Gasteiger partial charge in [0.15, 0.2) is 16.6 Å². The summed E-state index contributed by atoms with van der Waals surface area (Å²) in [4.78, 5) is 29.0. The third kappa shape index (κ3) is 3.46. The zero-order valence-corrected chi connectivity index (χ0v) is 15.4. The molecule has 2 amide bonds. The highest BCUT2D eigenvalue weighted by Gasteiger charge is 2.26. The summed E-state index contributed by atoms with van der Waals surface area (Å²) in [5.74, 6) is 1.11. The van der Waals surface area contributed by atoms with Gasteiger partial charge in [-0.15, -0.1) is 0 Å². The van der Waals surface area contributed by atoms with Gasteiger partial charge < -0.3 is 20.1 Å². The number of anilines is 1. The summed E-state index contributed by atoms with van der Waals surface area (Å²) in [7, 11) is 0. The third-order valence-corrected chi connectivity index (χ3v) is 5.69. The van der Waals surface area contributed by atoms with Crippen LogP contribution < -0.4 is 20.1 Å². The molecule has 1 fully saturated rings. The first-order valence-corrected chi connectivity index (χ1v) is 9.73. The van der Waals surface area contributed by atoms with Crippen molar-refractivity contribution < 1.29 is 19.1 Å². The summed E-state index contributed by atoms with van der Waals surface area (Å²) in [5.41, 5.74) is 0.747. The number of aromatic nitrogens is 1. The second-order valence-electron chi connectivity index (χ2n) is 6.68. The van der Waals surface area contributed by atoms with Gasteiger partial charge in [0, 0.05) is 18.1 Å². The summed E-state index contributed by atoms with van der Waals surface area (Å²) in [6.07, 6.45) is 3.99. The molecule has 2 aromatic rings. The van der Waals surface area contributed by atoms with Crippen molar-refractivity contribution in [1.82, 2.24) is 10.3 Å². The zero-order valence-electron chi connectivity index (χ0n) is 14.5. The van der Waals surface area contributed by atoms with Crippen LogP contribution in [-0.4, -0.2) is 36.1 Å². The third-order valence-electron chi connectivity index (χ3n) is 4.76. The van der Waals surface area contributed by atoms with Crippen molar-refractivity contribution in [2.24, 2.45) is 5.92 Å². The van der Waals surface area contributed by atoms with Crippen molar-refractivity contribution >= 4 is 38.5 Å². The molecule has 1 atom stereocenters. The van der Waals surface area contributed by atoms with Crippen LogP contribution in [0.25, 0.3) is 10.2 Å². The molecule has 8 heteroatoms. The lowest BCUT2D eigenvalue weighted by atomic mass is 10.1. The van der Waals surface area contributed by atoms with Crippen LogP contribution in [0.3, 0.4) is 0 Å². The maximum absolute atomic E-state index is 12.4. The number of carbonyl (C=O) groups is 2. The van der Waals surface area contributed by atoms with Crippen LogP contribution in [0.15, 0.2) is 12.1 Å². The fraction of sp³-hybridized carbons (Fsp3) is 0.500. The van der Waals surface area contributed by atoms with Crippen LogP contribution in [0.2, 0.25) is 0 Å². The summed E-state index contributed by atoms with van der Waals surface area (Å²) in [6, 6.07) is 3.10. The fourth-order valence-electron chi connectivity index (χ4n) is 3.32. The van der Waals surface area contributed by atoms with Crippen LogP contribution in [-0.2, 0) is 9.59 Å². The Labute approximate surface area is 155 Å². The van der Waals surface area contributed by atoms with E-state index in [1.807, 2.05) is 12.1 Å². The van der Waals surface area contributed by atoms with Gasteiger partial charge in [-0.1, -0.05) is 24.2 Å². The molecule has 1 saturated carbocycles. The van der Waals surface area contributed by atoms with Crippen LogP contribution in [0, 0.1) is 5.92 Å². The molecule has 2 heterocycles. The number of hydrogen-bond donors (Lipinski definition) is 2. The van der Waals surface area contributed by atoms with Crippen LogP contribution >= 0.6 is 11.3 Å². The van der Waals surface area contributed by atoms with Crippen molar-refractivity contribution in [2.45, 2.75) is 38.6 Å². The predicted octanol–water partition coefficient (Wildman–Crippen LogP) is 2.70. The lowest BCUT2D eigenvalue weighted by Gasteiger charge is -2.17. The van der Waals surface area contributed by atoms with E-state index >= 15 is 0 Å². The molecule has 1 aromatic heterocycles. The normalized spacial score (nSPS) is 17.9. The number of amides is 2. The number of nitrogens with zero attached hydrogens (tertiary/aromatic N) is 1. The minimum absolute atomic E-state index is 0.0311. The average molecular weight is 375 g/mol. The quantitative estimate of drug-likeness (QED) is 0.858. The highest BCUT2D eigenvalue weighted by Crippen LogP contribution is 2.37. The molecule has 1 unspecified atom stereocenters. The van der Waals surface area contributed by atoms with Crippen molar-refractivity contribution in [3.8, 4) is 11.5 Å². The first kappa shape index (κ1) is 17.1. The molecule has 1 aliphatic heterocycles. The molecule has 1 aliphatic carbocycles. The first-order valence-electron chi connectivity index (χ1n) is 8.91. The van der Waals surface area contributed by atoms with Crippen LogP contribution in [0.5, 0.6) is 11.5 Å². The van der Waals surface area contributed by atoms with Crippen LogP contribution in [0.1, 0.15) is 32.6 Å². The Bertz CT molecular complexity index is 801. The minimum atomic E-state index is -0.602. The maximum atomic E-state index is 12.4. The Balaban J connectivity index is 1.42. The Morgan fingerprint density at radius 1 is 1.19 bits per heavy atom. The molecular weight excluding hydrogens is 354 g/mol. The molecule has 138 valence electrons. The molecular formula is C18H21N3O4S. The molecule has 7 nitrogen and oxygen atoms in total. The fourth-order valence-corrected chi connectivity index (χ4v) is 4.20. The number of carbonyl (C=O) groups excluding carboxylic acids is 2. The summed E-state index contributed by atoms with van der Waals surface area (Å²) < 4.78 is 12.0. The van der Waals surface area contributed by atoms with E-state index in [1.54, 1.807) is 6.92 Å². The molecule has 1 aromatic carbocycles. The molecule has 2 N–H and O–H groups in total.